The molecule has 1 aromatic rings. The van der Waals surface area contributed by atoms with E-state index in [0.717, 1.165) is 13.1 Å². The Hall–Kier alpha value is -0.740. The minimum atomic E-state index is -0.0218. The van der Waals surface area contributed by atoms with E-state index in [1.807, 2.05) is 16.7 Å². The van der Waals surface area contributed by atoms with Gasteiger partial charge in [-0.15, -0.1) is 0 Å². The number of nitrogens with zero attached hydrogens (tertiary/aromatic N) is 2. The summed E-state index contributed by atoms with van der Waals surface area (Å²) < 4.78 is 0. The van der Waals surface area contributed by atoms with Gasteiger partial charge in [0, 0.05) is 34.8 Å². The summed E-state index contributed by atoms with van der Waals surface area (Å²) in [6, 6.07) is 3.30. The van der Waals surface area contributed by atoms with E-state index in [1.54, 1.807) is 18.3 Å². The molecule has 0 saturated carbocycles. The first kappa shape index (κ1) is 12.7. The van der Waals surface area contributed by atoms with Gasteiger partial charge in [-0.3, -0.25) is 9.78 Å². The molecule has 1 aliphatic rings. The molecule has 1 fully saturated rings. The maximum absolute atomic E-state index is 12.2. The standard InChI is InChI=1S/C12H15ClN2OS/c1-8-6-15(7-9(2)17-8)12(16)11-5-10(13)3-4-14-11/h3-5,8-9H,6-7H2,1-2H3. The third-order valence-electron chi connectivity index (χ3n) is 2.65. The van der Waals surface area contributed by atoms with Gasteiger partial charge < -0.3 is 4.90 Å². The molecule has 0 spiro atoms. The molecular weight excluding hydrogens is 256 g/mol. The van der Waals surface area contributed by atoms with Gasteiger partial charge >= 0.3 is 0 Å². The van der Waals surface area contributed by atoms with Crippen molar-refractivity contribution in [2.24, 2.45) is 0 Å². The lowest BCUT2D eigenvalue weighted by Gasteiger charge is -2.34. The smallest absolute Gasteiger partial charge is 0.272 e. The van der Waals surface area contributed by atoms with Crippen LogP contribution in [0.15, 0.2) is 18.3 Å². The summed E-state index contributed by atoms with van der Waals surface area (Å²) in [5.41, 5.74) is 0.434. The highest BCUT2D eigenvalue weighted by Crippen LogP contribution is 2.25. The summed E-state index contributed by atoms with van der Waals surface area (Å²) in [6.45, 7) is 5.85. The van der Waals surface area contributed by atoms with Crippen molar-refractivity contribution in [3.63, 3.8) is 0 Å². The molecular formula is C12H15ClN2OS. The van der Waals surface area contributed by atoms with Crippen LogP contribution in [0.4, 0.5) is 0 Å². The van der Waals surface area contributed by atoms with Crippen molar-refractivity contribution in [2.45, 2.75) is 24.3 Å². The third kappa shape index (κ3) is 3.13. The van der Waals surface area contributed by atoms with Gasteiger partial charge in [0.2, 0.25) is 0 Å². The van der Waals surface area contributed by atoms with Gasteiger partial charge in [-0.1, -0.05) is 25.4 Å². The van der Waals surface area contributed by atoms with Crippen LogP contribution in [0.5, 0.6) is 0 Å². The fourth-order valence-electron chi connectivity index (χ4n) is 2.03. The lowest BCUT2D eigenvalue weighted by molar-refractivity contribution is 0.0747. The molecule has 92 valence electrons. The Labute approximate surface area is 111 Å². The molecule has 0 bridgehead atoms. The highest BCUT2D eigenvalue weighted by Gasteiger charge is 2.27. The number of halogens is 1. The molecule has 2 atom stereocenters. The molecule has 2 rings (SSSR count). The largest absolute Gasteiger partial charge is 0.335 e. The fraction of sp³-hybridized carbons (Fsp3) is 0.500. The Balaban J connectivity index is 2.14. The first-order valence-corrected chi connectivity index (χ1v) is 6.94. The van der Waals surface area contributed by atoms with Gasteiger partial charge in [-0.05, 0) is 12.1 Å². The Morgan fingerprint density at radius 2 is 2.12 bits per heavy atom. The Morgan fingerprint density at radius 1 is 1.47 bits per heavy atom. The van der Waals surface area contributed by atoms with Gasteiger partial charge in [0.1, 0.15) is 5.69 Å². The number of carbonyl (C=O) groups excluding carboxylic acids is 1. The number of hydrogen-bond donors (Lipinski definition) is 0. The SMILES string of the molecule is CC1CN(C(=O)c2cc(Cl)ccn2)CC(C)S1. The predicted molar refractivity (Wildman–Crippen MR) is 71.7 cm³/mol. The van der Waals surface area contributed by atoms with Crippen LogP contribution in [0.3, 0.4) is 0 Å². The van der Waals surface area contributed by atoms with E-state index in [0.29, 0.717) is 21.2 Å². The number of rotatable bonds is 1. The maximum atomic E-state index is 12.2. The Kier molecular flexibility index (Phi) is 3.94. The lowest BCUT2D eigenvalue weighted by atomic mass is 10.2. The summed E-state index contributed by atoms with van der Waals surface area (Å²) >= 11 is 7.79. The first-order chi connectivity index (χ1) is 8.06. The van der Waals surface area contributed by atoms with E-state index in [2.05, 4.69) is 18.8 Å². The normalized spacial score (nSPS) is 24.8. The van der Waals surface area contributed by atoms with Crippen molar-refractivity contribution in [3.8, 4) is 0 Å². The van der Waals surface area contributed by atoms with Crippen molar-refractivity contribution in [1.82, 2.24) is 9.88 Å². The van der Waals surface area contributed by atoms with Crippen LogP contribution in [0.1, 0.15) is 24.3 Å². The zero-order valence-electron chi connectivity index (χ0n) is 9.89. The number of carbonyl (C=O) groups is 1. The summed E-state index contributed by atoms with van der Waals surface area (Å²) in [7, 11) is 0. The second-order valence-corrected chi connectivity index (χ2v) is 6.64. The molecule has 2 heterocycles. The summed E-state index contributed by atoms with van der Waals surface area (Å²) in [6.07, 6.45) is 1.57. The van der Waals surface area contributed by atoms with Gasteiger partial charge in [-0.2, -0.15) is 11.8 Å². The molecule has 0 aromatic carbocycles. The van der Waals surface area contributed by atoms with Crippen molar-refractivity contribution in [3.05, 3.63) is 29.0 Å². The summed E-state index contributed by atoms with van der Waals surface area (Å²) in [5.74, 6) is -0.0218. The minimum absolute atomic E-state index is 0.0218. The van der Waals surface area contributed by atoms with Crippen molar-refractivity contribution < 1.29 is 4.79 Å². The topological polar surface area (TPSA) is 33.2 Å². The van der Waals surface area contributed by atoms with Crippen LogP contribution < -0.4 is 0 Å². The number of aromatic nitrogens is 1. The van der Waals surface area contributed by atoms with Crippen molar-refractivity contribution in [2.75, 3.05) is 13.1 Å². The first-order valence-electron chi connectivity index (χ1n) is 5.62. The third-order valence-corrected chi connectivity index (χ3v) is 4.11. The zero-order chi connectivity index (χ0) is 12.4. The van der Waals surface area contributed by atoms with E-state index in [-0.39, 0.29) is 5.91 Å². The van der Waals surface area contributed by atoms with E-state index >= 15 is 0 Å². The number of thioether (sulfide) groups is 1. The predicted octanol–water partition coefficient (Wildman–Crippen LogP) is 2.70. The Morgan fingerprint density at radius 3 is 2.71 bits per heavy atom. The van der Waals surface area contributed by atoms with E-state index in [4.69, 9.17) is 11.6 Å². The molecule has 0 radical (unpaired) electrons. The highest BCUT2D eigenvalue weighted by molar-refractivity contribution is 8.00. The quantitative estimate of drug-likeness (QED) is 0.787. The molecule has 1 aliphatic heterocycles. The van der Waals surface area contributed by atoms with Gasteiger partial charge in [-0.25, -0.2) is 0 Å². The number of hydrogen-bond acceptors (Lipinski definition) is 3. The van der Waals surface area contributed by atoms with Crippen LogP contribution >= 0.6 is 23.4 Å². The fourth-order valence-corrected chi connectivity index (χ4v) is 3.51. The summed E-state index contributed by atoms with van der Waals surface area (Å²) in [5, 5.41) is 1.50. The van der Waals surface area contributed by atoms with Crippen LogP contribution in [0.25, 0.3) is 0 Å². The molecule has 1 aromatic heterocycles. The average molecular weight is 271 g/mol. The van der Waals surface area contributed by atoms with Crippen LogP contribution in [0.2, 0.25) is 5.02 Å². The summed E-state index contributed by atoms with van der Waals surface area (Å²) in [4.78, 5) is 18.2. The molecule has 2 unspecified atom stereocenters. The van der Waals surface area contributed by atoms with Gasteiger partial charge in [0.25, 0.3) is 5.91 Å². The monoisotopic (exact) mass is 270 g/mol. The maximum Gasteiger partial charge on any atom is 0.272 e. The second kappa shape index (κ2) is 5.27. The lowest BCUT2D eigenvalue weighted by Crippen LogP contribution is -2.44. The second-order valence-electron chi connectivity index (χ2n) is 4.33. The highest BCUT2D eigenvalue weighted by atomic mass is 35.5. The Bertz CT molecular complexity index is 417. The van der Waals surface area contributed by atoms with E-state index < -0.39 is 0 Å². The van der Waals surface area contributed by atoms with Crippen molar-refractivity contribution in [1.29, 1.82) is 0 Å². The van der Waals surface area contributed by atoms with Crippen LogP contribution in [0, 0.1) is 0 Å². The van der Waals surface area contributed by atoms with E-state index in [1.165, 1.54) is 0 Å². The van der Waals surface area contributed by atoms with Crippen LogP contribution in [-0.2, 0) is 0 Å². The molecule has 5 heteroatoms. The van der Waals surface area contributed by atoms with Crippen LogP contribution in [-0.4, -0.2) is 39.4 Å². The minimum Gasteiger partial charge on any atom is -0.335 e. The van der Waals surface area contributed by atoms with Gasteiger partial charge in [0.05, 0.1) is 0 Å². The van der Waals surface area contributed by atoms with Gasteiger partial charge in [0.15, 0.2) is 0 Å². The molecule has 1 amide bonds. The number of pyridine rings is 1. The zero-order valence-corrected chi connectivity index (χ0v) is 11.5. The molecule has 0 N–H and O–H groups in total. The molecule has 17 heavy (non-hydrogen) atoms. The van der Waals surface area contributed by atoms with Crippen molar-refractivity contribution >= 4 is 29.3 Å². The molecule has 0 aliphatic carbocycles. The molecule has 1 saturated heterocycles. The number of amides is 1. The molecule has 3 nitrogen and oxygen atoms in total. The van der Waals surface area contributed by atoms with E-state index in [9.17, 15) is 4.79 Å². The average Bonchev–Trinajstić information content (AvgIpc) is 2.26.